The number of urea groups is 1. The molecule has 1 fully saturated rings. The average molecular weight is 346 g/mol. The van der Waals surface area contributed by atoms with E-state index in [0.29, 0.717) is 6.54 Å². The molecule has 1 aromatic carbocycles. The van der Waals surface area contributed by atoms with E-state index in [4.69, 9.17) is 4.74 Å². The van der Waals surface area contributed by atoms with Crippen LogP contribution in [-0.2, 0) is 19.7 Å². The summed E-state index contributed by atoms with van der Waals surface area (Å²) in [6.45, 7) is 2.07. The van der Waals surface area contributed by atoms with Crippen molar-refractivity contribution in [1.82, 2.24) is 10.6 Å². The molecule has 1 saturated carbocycles. The summed E-state index contributed by atoms with van der Waals surface area (Å²) in [6, 6.07) is 8.99. The number of carbonyl (C=O) groups is 3. The fraction of sp³-hybridized carbons (Fsp3) is 0.526. The quantitative estimate of drug-likeness (QED) is 0.587. The van der Waals surface area contributed by atoms with Gasteiger partial charge < -0.3 is 10.1 Å². The summed E-state index contributed by atoms with van der Waals surface area (Å²) >= 11 is 0. The highest BCUT2D eigenvalue weighted by Crippen LogP contribution is 2.42. The van der Waals surface area contributed by atoms with Gasteiger partial charge in [-0.1, -0.05) is 56.5 Å². The number of rotatable bonds is 7. The Balaban J connectivity index is 1.88. The van der Waals surface area contributed by atoms with Crippen LogP contribution >= 0.6 is 0 Å². The third-order valence-corrected chi connectivity index (χ3v) is 4.58. The molecule has 6 nitrogen and oxygen atoms in total. The largest absolute Gasteiger partial charge is 0.455 e. The highest BCUT2D eigenvalue weighted by molar-refractivity contribution is 5.96. The normalized spacial score (nSPS) is 15.4. The van der Waals surface area contributed by atoms with E-state index < -0.39 is 29.9 Å². The van der Waals surface area contributed by atoms with E-state index in [-0.39, 0.29) is 0 Å². The average Bonchev–Trinajstić information content (AvgIpc) is 3.12. The van der Waals surface area contributed by atoms with E-state index in [1.54, 1.807) is 0 Å². The molecular formula is C19H26N2O4. The van der Waals surface area contributed by atoms with Crippen molar-refractivity contribution in [2.24, 2.45) is 0 Å². The van der Waals surface area contributed by atoms with E-state index >= 15 is 0 Å². The number of nitrogens with one attached hydrogen (secondary N) is 2. The number of imide groups is 1. The second-order valence-electron chi connectivity index (χ2n) is 6.39. The van der Waals surface area contributed by atoms with Crippen LogP contribution in [0.5, 0.6) is 0 Å². The summed E-state index contributed by atoms with van der Waals surface area (Å²) in [7, 11) is 0. The summed E-state index contributed by atoms with van der Waals surface area (Å²) in [5.74, 6) is -1.01. The van der Waals surface area contributed by atoms with Crippen molar-refractivity contribution < 1.29 is 19.1 Å². The molecule has 0 aromatic heterocycles. The topological polar surface area (TPSA) is 84.5 Å². The van der Waals surface area contributed by atoms with Gasteiger partial charge in [0.1, 0.15) is 0 Å². The summed E-state index contributed by atoms with van der Waals surface area (Å²) in [6.07, 6.45) is 5.14. The third-order valence-electron chi connectivity index (χ3n) is 4.58. The number of unbranched alkanes of at least 4 members (excludes halogenated alkanes) is 1. The molecule has 2 N–H and O–H groups in total. The van der Waals surface area contributed by atoms with Crippen molar-refractivity contribution in [3.63, 3.8) is 0 Å². The van der Waals surface area contributed by atoms with Gasteiger partial charge in [0.2, 0.25) is 0 Å². The van der Waals surface area contributed by atoms with E-state index in [2.05, 4.69) is 10.6 Å². The first-order valence-electron chi connectivity index (χ1n) is 8.89. The minimum Gasteiger partial charge on any atom is -0.455 e. The van der Waals surface area contributed by atoms with E-state index in [1.807, 2.05) is 37.3 Å². The smallest absolute Gasteiger partial charge is 0.321 e. The van der Waals surface area contributed by atoms with Crippen LogP contribution in [0.2, 0.25) is 0 Å². The van der Waals surface area contributed by atoms with Gasteiger partial charge in [-0.15, -0.1) is 0 Å². The standard InChI is InChI=1S/C19H26N2O4/c1-2-3-13-20-18(24)21-16(22)14-25-17(23)19(11-7-8-12-19)15-9-5-4-6-10-15/h4-6,9-10H,2-3,7-8,11-14H2,1H3,(H2,20,21,22,24). The predicted octanol–water partition coefficient (Wildman–Crippen LogP) is 2.67. The molecule has 0 atom stereocenters. The SMILES string of the molecule is CCCCNC(=O)NC(=O)COC(=O)C1(c2ccccc2)CCCC1. The molecule has 0 unspecified atom stereocenters. The third kappa shape index (κ3) is 5.05. The Hall–Kier alpha value is -2.37. The van der Waals surface area contributed by atoms with Crippen molar-refractivity contribution in [3.05, 3.63) is 35.9 Å². The molecule has 1 aromatic rings. The van der Waals surface area contributed by atoms with Gasteiger partial charge in [-0.05, 0) is 24.8 Å². The molecule has 136 valence electrons. The Kier molecular flexibility index (Phi) is 6.98. The van der Waals surface area contributed by atoms with Crippen LogP contribution in [0.1, 0.15) is 51.0 Å². The Morgan fingerprint density at radius 1 is 1.12 bits per heavy atom. The minimum atomic E-state index is -0.676. The first-order valence-corrected chi connectivity index (χ1v) is 8.89. The van der Waals surface area contributed by atoms with Gasteiger partial charge in [-0.25, -0.2) is 4.79 Å². The van der Waals surface area contributed by atoms with Crippen LogP contribution < -0.4 is 10.6 Å². The number of esters is 1. The maximum Gasteiger partial charge on any atom is 0.321 e. The van der Waals surface area contributed by atoms with Crippen molar-refractivity contribution in [1.29, 1.82) is 0 Å². The first kappa shape index (κ1) is 19.0. The van der Waals surface area contributed by atoms with Crippen molar-refractivity contribution in [2.75, 3.05) is 13.2 Å². The second-order valence-corrected chi connectivity index (χ2v) is 6.39. The monoisotopic (exact) mass is 346 g/mol. The summed E-state index contributed by atoms with van der Waals surface area (Å²) in [5.41, 5.74) is 0.250. The lowest BCUT2D eigenvalue weighted by molar-refractivity contribution is -0.154. The molecule has 0 radical (unpaired) electrons. The van der Waals surface area contributed by atoms with Crippen molar-refractivity contribution in [3.8, 4) is 0 Å². The maximum absolute atomic E-state index is 12.7. The fourth-order valence-corrected chi connectivity index (χ4v) is 3.20. The zero-order valence-corrected chi connectivity index (χ0v) is 14.7. The molecule has 3 amide bonds. The van der Waals surface area contributed by atoms with E-state index in [0.717, 1.165) is 44.1 Å². The lowest BCUT2D eigenvalue weighted by Gasteiger charge is -2.27. The molecule has 0 saturated heterocycles. The number of benzene rings is 1. The molecule has 0 heterocycles. The lowest BCUT2D eigenvalue weighted by Crippen LogP contribution is -2.43. The number of amides is 3. The van der Waals surface area contributed by atoms with E-state index in [1.165, 1.54) is 0 Å². The van der Waals surface area contributed by atoms with Crippen LogP contribution in [0.15, 0.2) is 30.3 Å². The predicted molar refractivity (Wildman–Crippen MR) is 94.0 cm³/mol. The van der Waals surface area contributed by atoms with Gasteiger partial charge in [0.25, 0.3) is 5.91 Å². The van der Waals surface area contributed by atoms with Crippen LogP contribution in [0.25, 0.3) is 0 Å². The second kappa shape index (κ2) is 9.20. The molecule has 0 bridgehead atoms. The van der Waals surface area contributed by atoms with Crippen molar-refractivity contribution >= 4 is 17.9 Å². The summed E-state index contributed by atoms with van der Waals surface area (Å²) < 4.78 is 5.24. The van der Waals surface area contributed by atoms with Gasteiger partial charge in [-0.2, -0.15) is 0 Å². The fourth-order valence-electron chi connectivity index (χ4n) is 3.20. The Morgan fingerprint density at radius 3 is 2.44 bits per heavy atom. The molecule has 0 aliphatic heterocycles. The zero-order valence-electron chi connectivity index (χ0n) is 14.7. The highest BCUT2D eigenvalue weighted by atomic mass is 16.5. The van der Waals surface area contributed by atoms with Crippen molar-refractivity contribution in [2.45, 2.75) is 50.9 Å². The minimum absolute atomic E-state index is 0.391. The highest BCUT2D eigenvalue weighted by Gasteiger charge is 2.44. The zero-order chi connectivity index (χ0) is 18.1. The molecule has 25 heavy (non-hydrogen) atoms. The van der Waals surface area contributed by atoms with Gasteiger partial charge in [0.05, 0.1) is 5.41 Å². The molecule has 1 aliphatic carbocycles. The number of carbonyl (C=O) groups excluding carboxylic acids is 3. The molecule has 0 spiro atoms. The number of ether oxygens (including phenoxy) is 1. The molecule has 1 aliphatic rings. The lowest BCUT2D eigenvalue weighted by atomic mass is 9.79. The van der Waals surface area contributed by atoms with Gasteiger partial charge in [0, 0.05) is 6.54 Å². The summed E-state index contributed by atoms with van der Waals surface area (Å²) in [5, 5.41) is 4.75. The Bertz CT molecular complexity index is 595. The van der Waals surface area contributed by atoms with Gasteiger partial charge >= 0.3 is 12.0 Å². The summed E-state index contributed by atoms with van der Waals surface area (Å²) in [4.78, 5) is 36.0. The van der Waals surface area contributed by atoms with Crippen LogP contribution in [0.4, 0.5) is 4.79 Å². The molecule has 2 rings (SSSR count). The van der Waals surface area contributed by atoms with Crippen LogP contribution in [0.3, 0.4) is 0 Å². The van der Waals surface area contributed by atoms with Gasteiger partial charge in [-0.3, -0.25) is 14.9 Å². The van der Waals surface area contributed by atoms with Gasteiger partial charge in [0.15, 0.2) is 6.61 Å². The maximum atomic E-state index is 12.7. The van der Waals surface area contributed by atoms with Crippen LogP contribution in [-0.4, -0.2) is 31.1 Å². The number of hydrogen-bond acceptors (Lipinski definition) is 4. The Morgan fingerprint density at radius 2 is 1.80 bits per heavy atom. The Labute approximate surface area is 148 Å². The molecule has 6 heteroatoms. The first-order chi connectivity index (χ1) is 12.1. The molecular weight excluding hydrogens is 320 g/mol. The number of hydrogen-bond donors (Lipinski definition) is 2. The van der Waals surface area contributed by atoms with Crippen LogP contribution in [0, 0.1) is 0 Å². The van der Waals surface area contributed by atoms with E-state index in [9.17, 15) is 14.4 Å².